The van der Waals surface area contributed by atoms with Crippen molar-refractivity contribution in [2.24, 2.45) is 0 Å². The molecular formula is C26H25N3O5S. The number of aromatic nitrogens is 2. The Morgan fingerprint density at radius 2 is 1.83 bits per heavy atom. The summed E-state index contributed by atoms with van der Waals surface area (Å²) in [4.78, 5) is 42.9. The van der Waals surface area contributed by atoms with E-state index in [1.54, 1.807) is 7.11 Å². The second-order valence-electron chi connectivity index (χ2n) is 8.07. The lowest BCUT2D eigenvalue weighted by molar-refractivity contribution is -0.155. The van der Waals surface area contributed by atoms with E-state index in [9.17, 15) is 14.4 Å². The van der Waals surface area contributed by atoms with Crippen LogP contribution in [0.3, 0.4) is 0 Å². The van der Waals surface area contributed by atoms with Crippen molar-refractivity contribution in [3.8, 4) is 16.2 Å². The van der Waals surface area contributed by atoms with Crippen molar-refractivity contribution in [3.05, 3.63) is 82.4 Å². The number of hydrogen-bond acceptors (Lipinski definition) is 7. The highest BCUT2D eigenvalue weighted by molar-refractivity contribution is 7.22. The largest absolute Gasteiger partial charge is 0.497 e. The summed E-state index contributed by atoms with van der Waals surface area (Å²) in [5, 5.41) is 2.75. The fourth-order valence-corrected chi connectivity index (χ4v) is 4.49. The average Bonchev–Trinajstić information content (AvgIpc) is 3.30. The van der Waals surface area contributed by atoms with Gasteiger partial charge in [0.25, 0.3) is 11.5 Å². The Morgan fingerprint density at radius 1 is 1.11 bits per heavy atom. The molecule has 0 aliphatic heterocycles. The normalized spacial score (nSPS) is 11.7. The minimum atomic E-state index is -0.997. The Labute approximate surface area is 206 Å². The summed E-state index contributed by atoms with van der Waals surface area (Å²) in [6, 6.07) is 17.1. The number of methoxy groups -OCH3 is 1. The van der Waals surface area contributed by atoms with E-state index in [2.05, 4.69) is 10.3 Å². The molecule has 4 rings (SSSR count). The molecule has 0 bridgehead atoms. The zero-order valence-corrected chi connectivity index (χ0v) is 20.4. The molecule has 8 nitrogen and oxygen atoms in total. The Kier molecular flexibility index (Phi) is 7.26. The molecule has 0 spiro atoms. The van der Waals surface area contributed by atoms with Gasteiger partial charge in [0, 0.05) is 11.4 Å². The maximum absolute atomic E-state index is 12.9. The van der Waals surface area contributed by atoms with Gasteiger partial charge < -0.3 is 14.8 Å². The maximum atomic E-state index is 12.9. The minimum absolute atomic E-state index is 0.329. The number of amides is 1. The molecule has 2 aromatic heterocycles. The molecule has 2 aromatic carbocycles. The second-order valence-corrected chi connectivity index (χ2v) is 9.12. The van der Waals surface area contributed by atoms with E-state index in [0.29, 0.717) is 16.8 Å². The lowest BCUT2D eigenvalue weighted by Crippen LogP contribution is -2.36. The first-order chi connectivity index (χ1) is 16.8. The van der Waals surface area contributed by atoms with E-state index in [0.717, 1.165) is 27.3 Å². The van der Waals surface area contributed by atoms with Crippen LogP contribution in [-0.2, 0) is 27.4 Å². The summed E-state index contributed by atoms with van der Waals surface area (Å²) < 4.78 is 12.1. The summed E-state index contributed by atoms with van der Waals surface area (Å²) in [5.74, 6) is -0.368. The van der Waals surface area contributed by atoms with Crippen LogP contribution < -0.4 is 15.6 Å². The zero-order valence-electron chi connectivity index (χ0n) is 19.6. The third-order valence-corrected chi connectivity index (χ3v) is 6.60. The first kappa shape index (κ1) is 24.2. The number of rotatable bonds is 8. The van der Waals surface area contributed by atoms with Gasteiger partial charge in [-0.3, -0.25) is 19.0 Å². The van der Waals surface area contributed by atoms with Crippen LogP contribution >= 0.6 is 11.3 Å². The van der Waals surface area contributed by atoms with Gasteiger partial charge in [-0.1, -0.05) is 29.8 Å². The molecule has 1 unspecified atom stereocenters. The maximum Gasteiger partial charge on any atom is 0.326 e. The molecule has 0 saturated heterocycles. The van der Waals surface area contributed by atoms with Gasteiger partial charge in [-0.2, -0.15) is 0 Å². The Bertz CT molecular complexity index is 1410. The third kappa shape index (κ3) is 5.75. The van der Waals surface area contributed by atoms with Gasteiger partial charge >= 0.3 is 5.97 Å². The van der Waals surface area contributed by atoms with Gasteiger partial charge in [0.1, 0.15) is 17.0 Å². The number of carbonyl (C=O) groups is 2. The summed E-state index contributed by atoms with van der Waals surface area (Å²) in [6.45, 7) is 3.47. The van der Waals surface area contributed by atoms with E-state index >= 15 is 0 Å². The predicted octanol–water partition coefficient (Wildman–Crippen LogP) is 3.69. The van der Waals surface area contributed by atoms with Crippen LogP contribution in [0.2, 0.25) is 0 Å². The average molecular weight is 492 g/mol. The van der Waals surface area contributed by atoms with Gasteiger partial charge in [-0.05, 0) is 55.3 Å². The molecule has 1 atom stereocenters. The summed E-state index contributed by atoms with van der Waals surface area (Å²) >= 11 is 1.30. The lowest BCUT2D eigenvalue weighted by Gasteiger charge is -2.14. The van der Waals surface area contributed by atoms with Crippen molar-refractivity contribution in [3.63, 3.8) is 0 Å². The van der Waals surface area contributed by atoms with Crippen molar-refractivity contribution in [2.45, 2.75) is 33.0 Å². The number of thiophene rings is 1. The van der Waals surface area contributed by atoms with Gasteiger partial charge in [-0.15, -0.1) is 11.3 Å². The Hall–Kier alpha value is -3.98. The molecule has 35 heavy (non-hydrogen) atoms. The number of fused-ring (bicyclic) bond motifs is 1. The second kappa shape index (κ2) is 10.5. The van der Waals surface area contributed by atoms with E-state index in [-0.39, 0.29) is 12.1 Å². The molecule has 9 heteroatoms. The molecule has 2 heterocycles. The predicted molar refractivity (Wildman–Crippen MR) is 134 cm³/mol. The number of hydrogen-bond donors (Lipinski definition) is 1. The van der Waals surface area contributed by atoms with Crippen LogP contribution in [0.15, 0.2) is 65.7 Å². The summed E-state index contributed by atoms with van der Waals surface area (Å²) in [7, 11) is 1.60. The Balaban J connectivity index is 1.39. The molecule has 180 valence electrons. The number of nitrogens with zero attached hydrogens (tertiary/aromatic N) is 2. The molecule has 1 N–H and O–H groups in total. The van der Waals surface area contributed by atoms with Crippen molar-refractivity contribution >= 4 is 33.4 Å². The van der Waals surface area contributed by atoms with Crippen LogP contribution in [0, 0.1) is 6.92 Å². The van der Waals surface area contributed by atoms with E-state index in [4.69, 9.17) is 9.47 Å². The number of carbonyl (C=O) groups excluding carboxylic acids is 2. The number of aryl methyl sites for hydroxylation is 1. The first-order valence-corrected chi connectivity index (χ1v) is 11.8. The molecule has 0 saturated carbocycles. The number of nitrogens with one attached hydrogen (secondary N) is 1. The molecule has 0 fully saturated rings. The van der Waals surface area contributed by atoms with Gasteiger partial charge in [-0.25, -0.2) is 4.98 Å². The highest BCUT2D eigenvalue weighted by Crippen LogP contribution is 2.31. The highest BCUT2D eigenvalue weighted by Gasteiger charge is 2.19. The molecule has 0 aliphatic rings. The standard InChI is InChI=1S/C26H25N3O5S/c1-16-4-6-18(7-5-16)13-27-25(31)17(2)34-23(30)14-29-15-28-21-12-22(35-24(21)26(29)32)19-8-10-20(33-3)11-9-19/h4-12,15,17H,13-14H2,1-3H3,(H,27,31). The van der Waals surface area contributed by atoms with E-state index in [1.165, 1.54) is 29.2 Å². The molecule has 4 aromatic rings. The molecular weight excluding hydrogens is 466 g/mol. The topological polar surface area (TPSA) is 99.5 Å². The molecule has 0 radical (unpaired) electrons. The Morgan fingerprint density at radius 3 is 2.51 bits per heavy atom. The first-order valence-electron chi connectivity index (χ1n) is 11.0. The summed E-state index contributed by atoms with van der Waals surface area (Å²) in [5.41, 5.74) is 3.22. The number of ether oxygens (including phenoxy) is 2. The summed E-state index contributed by atoms with van der Waals surface area (Å²) in [6.07, 6.45) is 0.322. The zero-order chi connectivity index (χ0) is 24.9. The number of benzene rings is 2. The van der Waals surface area contributed by atoms with Crippen LogP contribution in [0.25, 0.3) is 20.7 Å². The van der Waals surface area contributed by atoms with Crippen LogP contribution in [0.4, 0.5) is 0 Å². The fourth-order valence-electron chi connectivity index (χ4n) is 3.42. The van der Waals surface area contributed by atoms with Crippen molar-refractivity contribution in [1.29, 1.82) is 0 Å². The SMILES string of the molecule is COc1ccc(-c2cc3ncn(CC(=O)OC(C)C(=O)NCc4ccc(C)cc4)c(=O)c3s2)cc1. The lowest BCUT2D eigenvalue weighted by atomic mass is 10.1. The van der Waals surface area contributed by atoms with Gasteiger partial charge in [0.2, 0.25) is 0 Å². The van der Waals surface area contributed by atoms with Crippen molar-refractivity contribution in [2.75, 3.05) is 7.11 Å². The monoisotopic (exact) mass is 491 g/mol. The van der Waals surface area contributed by atoms with Crippen molar-refractivity contribution < 1.29 is 19.1 Å². The van der Waals surface area contributed by atoms with E-state index in [1.807, 2.05) is 61.5 Å². The van der Waals surface area contributed by atoms with Crippen LogP contribution in [-0.4, -0.2) is 34.6 Å². The van der Waals surface area contributed by atoms with Crippen LogP contribution in [0.1, 0.15) is 18.1 Å². The van der Waals surface area contributed by atoms with E-state index < -0.39 is 18.0 Å². The highest BCUT2D eigenvalue weighted by atomic mass is 32.1. The minimum Gasteiger partial charge on any atom is -0.497 e. The van der Waals surface area contributed by atoms with Crippen LogP contribution in [0.5, 0.6) is 5.75 Å². The van der Waals surface area contributed by atoms with Gasteiger partial charge in [0.15, 0.2) is 6.10 Å². The smallest absolute Gasteiger partial charge is 0.326 e. The number of esters is 1. The third-order valence-electron chi connectivity index (χ3n) is 5.44. The van der Waals surface area contributed by atoms with Gasteiger partial charge in [0.05, 0.1) is 19.0 Å². The molecule has 1 amide bonds. The van der Waals surface area contributed by atoms with Crippen molar-refractivity contribution in [1.82, 2.24) is 14.9 Å². The fraction of sp³-hybridized carbons (Fsp3) is 0.231. The molecule has 0 aliphatic carbocycles. The quantitative estimate of drug-likeness (QED) is 0.378.